The highest BCUT2D eigenvalue weighted by Crippen LogP contribution is 2.50. The van der Waals surface area contributed by atoms with Crippen molar-refractivity contribution < 1.29 is 4.42 Å². The quantitative estimate of drug-likeness (QED) is 0.151. The first-order valence-corrected chi connectivity index (χ1v) is 25.2. The van der Waals surface area contributed by atoms with E-state index >= 15 is 0 Å². The molecule has 0 saturated heterocycles. The van der Waals surface area contributed by atoms with Crippen LogP contribution in [0.3, 0.4) is 0 Å². The van der Waals surface area contributed by atoms with Gasteiger partial charge < -0.3 is 4.42 Å². The molecule has 0 radical (unpaired) electrons. The Labute approximate surface area is 422 Å². The van der Waals surface area contributed by atoms with Gasteiger partial charge >= 0.3 is 0 Å². The smallest absolute Gasteiger partial charge is 0.136 e. The maximum absolute atomic E-state index is 6.85. The number of rotatable bonds is 6. The van der Waals surface area contributed by atoms with Crippen LogP contribution < -0.4 is 0 Å². The van der Waals surface area contributed by atoms with Crippen LogP contribution in [0.25, 0.3) is 153 Å². The minimum Gasteiger partial charge on any atom is -0.456 e. The van der Waals surface area contributed by atoms with Crippen molar-refractivity contribution in [2.75, 3.05) is 0 Å². The van der Waals surface area contributed by atoms with Crippen molar-refractivity contribution in [3.63, 3.8) is 0 Å². The second-order valence-electron chi connectivity index (χ2n) is 19.4. The molecule has 0 aliphatic rings. The highest BCUT2D eigenvalue weighted by Gasteiger charge is 2.22. The van der Waals surface area contributed by atoms with E-state index in [-0.39, 0.29) is 0 Å². The Morgan fingerprint density at radius 1 is 0.164 bits per heavy atom. The Balaban J connectivity index is 0.892. The fraction of sp³-hybridized carbons (Fsp3) is 0. The SMILES string of the molecule is c1ccc(-c2ccc(-c3c4ccccc4c(-c4ccc5c(c4)oc4ccc(-c6c7ccccc7c(-c7ccc(-c8ccccc8)c8ccccc78)c7ccccc67)cc45)c4ccccc34)c3ccccc23)cc1. The summed E-state index contributed by atoms with van der Waals surface area (Å²) in [6.45, 7) is 0. The Bertz CT molecular complexity index is 4600. The minimum atomic E-state index is 0.875. The molecule has 15 aromatic rings. The Morgan fingerprint density at radius 2 is 0.479 bits per heavy atom. The van der Waals surface area contributed by atoms with Crippen molar-refractivity contribution in [3.8, 4) is 66.8 Å². The molecule has 338 valence electrons. The lowest BCUT2D eigenvalue weighted by Gasteiger charge is -2.20. The van der Waals surface area contributed by atoms with Crippen LogP contribution in [-0.2, 0) is 0 Å². The first-order chi connectivity index (χ1) is 36.2. The summed E-state index contributed by atoms with van der Waals surface area (Å²) in [5, 5.41) is 17.0. The molecule has 0 aliphatic heterocycles. The number of hydrogen-bond acceptors (Lipinski definition) is 1. The maximum atomic E-state index is 6.85. The fourth-order valence-corrected chi connectivity index (χ4v) is 12.3. The van der Waals surface area contributed by atoms with Crippen molar-refractivity contribution in [1.29, 1.82) is 0 Å². The van der Waals surface area contributed by atoms with Crippen molar-refractivity contribution in [2.24, 2.45) is 0 Å². The van der Waals surface area contributed by atoms with Crippen molar-refractivity contribution in [2.45, 2.75) is 0 Å². The van der Waals surface area contributed by atoms with Gasteiger partial charge in [0.15, 0.2) is 0 Å². The van der Waals surface area contributed by atoms with E-state index in [0.29, 0.717) is 0 Å². The van der Waals surface area contributed by atoms with Gasteiger partial charge in [0.25, 0.3) is 0 Å². The van der Waals surface area contributed by atoms with Crippen molar-refractivity contribution >= 4 is 86.6 Å². The highest BCUT2D eigenvalue weighted by molar-refractivity contribution is 6.26. The second kappa shape index (κ2) is 16.5. The van der Waals surface area contributed by atoms with E-state index in [2.05, 4.69) is 267 Å². The molecule has 0 bridgehead atoms. The van der Waals surface area contributed by atoms with Gasteiger partial charge in [-0.25, -0.2) is 0 Å². The third-order valence-electron chi connectivity index (χ3n) is 15.5. The first kappa shape index (κ1) is 41.2. The van der Waals surface area contributed by atoms with Crippen molar-refractivity contribution in [1.82, 2.24) is 0 Å². The zero-order chi connectivity index (χ0) is 48.0. The standard InChI is InChI=1S/C72H44O/c1-3-19-45(20-4-1)49-38-40-64(53-25-9-7-23-51(49)53)71-60-31-15-11-27-56(60)69(57-28-12-16-32-61(57)71)47-36-42-67-66(43-47)55-37-35-48(44-68(55)73-67)70-58-29-13-17-33-62(58)72(63-34-18-14-30-59(63)70)65-41-39-50(46-21-5-2-6-22-46)52-24-8-10-26-54(52)65/h1-44H. The average molecular weight is 925 g/mol. The number of benzene rings is 14. The summed E-state index contributed by atoms with van der Waals surface area (Å²) >= 11 is 0. The first-order valence-electron chi connectivity index (χ1n) is 25.2. The van der Waals surface area contributed by atoms with Gasteiger partial charge in [-0.3, -0.25) is 0 Å². The molecule has 14 aromatic carbocycles. The molecular weight excluding hydrogens is 881 g/mol. The fourth-order valence-electron chi connectivity index (χ4n) is 12.3. The monoisotopic (exact) mass is 924 g/mol. The van der Waals surface area contributed by atoms with Gasteiger partial charge in [-0.05, 0) is 156 Å². The summed E-state index contributed by atoms with van der Waals surface area (Å²) in [4.78, 5) is 0. The Hall–Kier alpha value is -9.56. The largest absolute Gasteiger partial charge is 0.456 e. The lowest BCUT2D eigenvalue weighted by molar-refractivity contribution is 0.669. The van der Waals surface area contributed by atoms with Crippen LogP contribution in [0.15, 0.2) is 271 Å². The van der Waals surface area contributed by atoms with Gasteiger partial charge in [0.05, 0.1) is 0 Å². The van der Waals surface area contributed by atoms with Gasteiger partial charge in [0, 0.05) is 10.8 Å². The molecule has 0 fully saturated rings. The second-order valence-corrected chi connectivity index (χ2v) is 19.4. The molecule has 73 heavy (non-hydrogen) atoms. The molecule has 1 heterocycles. The zero-order valence-corrected chi connectivity index (χ0v) is 39.8. The van der Waals surface area contributed by atoms with E-state index in [1.54, 1.807) is 0 Å². The van der Waals surface area contributed by atoms with E-state index in [1.165, 1.54) is 126 Å². The van der Waals surface area contributed by atoms with Crippen LogP contribution in [0.1, 0.15) is 0 Å². The van der Waals surface area contributed by atoms with Crippen LogP contribution in [0.2, 0.25) is 0 Å². The van der Waals surface area contributed by atoms with Gasteiger partial charge in [-0.1, -0.05) is 243 Å². The molecule has 0 N–H and O–H groups in total. The number of furan rings is 1. The molecule has 1 nitrogen and oxygen atoms in total. The summed E-state index contributed by atoms with van der Waals surface area (Å²) in [7, 11) is 0. The molecule has 0 aliphatic carbocycles. The number of hydrogen-bond donors (Lipinski definition) is 0. The Morgan fingerprint density at radius 3 is 0.890 bits per heavy atom. The molecular formula is C72H44O. The molecule has 0 amide bonds. The van der Waals surface area contributed by atoms with Gasteiger partial charge in [-0.15, -0.1) is 0 Å². The van der Waals surface area contributed by atoms with Crippen LogP contribution >= 0.6 is 0 Å². The lowest BCUT2D eigenvalue weighted by atomic mass is 9.83. The van der Waals surface area contributed by atoms with Crippen LogP contribution in [0.5, 0.6) is 0 Å². The average Bonchev–Trinajstić information content (AvgIpc) is 3.83. The molecule has 0 atom stereocenters. The van der Waals surface area contributed by atoms with E-state index < -0.39 is 0 Å². The number of fused-ring (bicyclic) bond motifs is 9. The van der Waals surface area contributed by atoms with Crippen LogP contribution in [0.4, 0.5) is 0 Å². The molecule has 0 saturated carbocycles. The van der Waals surface area contributed by atoms with E-state index in [4.69, 9.17) is 4.42 Å². The van der Waals surface area contributed by atoms with Crippen LogP contribution in [0, 0.1) is 0 Å². The van der Waals surface area contributed by atoms with Gasteiger partial charge in [0.1, 0.15) is 11.2 Å². The van der Waals surface area contributed by atoms with Gasteiger partial charge in [0.2, 0.25) is 0 Å². The summed E-state index contributed by atoms with van der Waals surface area (Å²) in [6.07, 6.45) is 0. The topological polar surface area (TPSA) is 13.1 Å². The van der Waals surface area contributed by atoms with E-state index in [1.807, 2.05) is 0 Å². The predicted molar refractivity (Wildman–Crippen MR) is 311 cm³/mol. The summed E-state index contributed by atoms with van der Waals surface area (Å²) in [5.74, 6) is 0. The summed E-state index contributed by atoms with van der Waals surface area (Å²) < 4.78 is 6.85. The maximum Gasteiger partial charge on any atom is 0.136 e. The molecule has 1 aromatic heterocycles. The highest BCUT2D eigenvalue weighted by atomic mass is 16.3. The third-order valence-corrected chi connectivity index (χ3v) is 15.5. The Kier molecular flexibility index (Phi) is 9.33. The van der Waals surface area contributed by atoms with Gasteiger partial charge in [-0.2, -0.15) is 0 Å². The normalized spacial score (nSPS) is 11.8. The van der Waals surface area contributed by atoms with E-state index in [0.717, 1.165) is 27.5 Å². The summed E-state index contributed by atoms with van der Waals surface area (Å²) in [5.41, 5.74) is 16.4. The van der Waals surface area contributed by atoms with Crippen molar-refractivity contribution in [3.05, 3.63) is 267 Å². The van der Waals surface area contributed by atoms with Crippen LogP contribution in [-0.4, -0.2) is 0 Å². The minimum absolute atomic E-state index is 0.875. The lowest BCUT2D eigenvalue weighted by Crippen LogP contribution is -1.92. The zero-order valence-electron chi connectivity index (χ0n) is 39.8. The predicted octanol–water partition coefficient (Wildman–Crippen LogP) is 20.5. The molecule has 0 spiro atoms. The third kappa shape index (κ3) is 6.42. The van der Waals surface area contributed by atoms with E-state index in [9.17, 15) is 0 Å². The molecule has 0 unspecified atom stereocenters. The summed E-state index contributed by atoms with van der Waals surface area (Å²) in [6, 6.07) is 97.9. The molecule has 1 heteroatoms. The molecule has 15 rings (SSSR count).